The molecule has 1 fully saturated rings. The quantitative estimate of drug-likeness (QED) is 0.264. The molecule has 164 valence electrons. The molecule has 8 nitrogen and oxygen atoms in total. The van der Waals surface area contributed by atoms with Gasteiger partial charge in [0.05, 0.1) is 10.6 Å². The van der Waals surface area contributed by atoms with Gasteiger partial charge in [0.1, 0.15) is 4.90 Å². The summed E-state index contributed by atoms with van der Waals surface area (Å²) in [4.78, 5) is 15.0. The molecule has 0 atom stereocenters. The molecule has 2 rings (SSSR count). The number of rotatable bonds is 9. The van der Waals surface area contributed by atoms with Crippen molar-refractivity contribution in [1.29, 1.82) is 0 Å². The van der Waals surface area contributed by atoms with Crippen LogP contribution < -0.4 is 4.90 Å². The Morgan fingerprint density at radius 1 is 1.17 bits per heavy atom. The number of halogens is 2. The smallest absolute Gasteiger partial charge is 0.271 e. The average Bonchev–Trinajstić information content (AvgIpc) is 2.67. The van der Waals surface area contributed by atoms with E-state index < -0.39 is 14.9 Å². The number of anilines is 1. The van der Waals surface area contributed by atoms with Gasteiger partial charge in [-0.05, 0) is 39.4 Å². The highest BCUT2D eigenvalue weighted by Gasteiger charge is 2.34. The minimum Gasteiger partial charge on any atom is -0.369 e. The second kappa shape index (κ2) is 10.5. The van der Waals surface area contributed by atoms with Gasteiger partial charge in [0.15, 0.2) is 0 Å². The van der Waals surface area contributed by atoms with Crippen molar-refractivity contribution in [3.8, 4) is 0 Å². The summed E-state index contributed by atoms with van der Waals surface area (Å²) >= 11 is 6.84. The van der Waals surface area contributed by atoms with E-state index in [-0.39, 0.29) is 10.6 Å². The van der Waals surface area contributed by atoms with Gasteiger partial charge in [0.2, 0.25) is 10.0 Å². The Morgan fingerprint density at radius 2 is 1.72 bits per heavy atom. The van der Waals surface area contributed by atoms with E-state index in [4.69, 9.17) is 0 Å². The van der Waals surface area contributed by atoms with Crippen LogP contribution in [0.25, 0.3) is 0 Å². The molecule has 1 saturated heterocycles. The van der Waals surface area contributed by atoms with Crippen molar-refractivity contribution in [3.05, 3.63) is 27.8 Å². The molecule has 0 amide bonds. The first-order valence-corrected chi connectivity index (χ1v) is 13.1. The summed E-state index contributed by atoms with van der Waals surface area (Å²) in [5.74, 6) is 0. The number of benzene rings is 1. The number of hydrogen-bond acceptors (Lipinski definition) is 6. The first-order valence-electron chi connectivity index (χ1n) is 9.46. The maximum absolute atomic E-state index is 13.6. The molecule has 0 aromatic heterocycles. The van der Waals surface area contributed by atoms with Gasteiger partial charge in [-0.2, -0.15) is 4.31 Å². The van der Waals surface area contributed by atoms with Gasteiger partial charge in [-0.3, -0.25) is 10.1 Å². The minimum atomic E-state index is -3.86. The number of aryl methyl sites for hydroxylation is 1. The van der Waals surface area contributed by atoms with Crippen LogP contribution in [0.4, 0.5) is 11.4 Å². The van der Waals surface area contributed by atoms with Crippen molar-refractivity contribution >= 4 is 53.3 Å². The Labute approximate surface area is 189 Å². The van der Waals surface area contributed by atoms with Crippen molar-refractivity contribution in [3.63, 3.8) is 0 Å². The van der Waals surface area contributed by atoms with Crippen molar-refractivity contribution < 1.29 is 13.3 Å². The van der Waals surface area contributed by atoms with Gasteiger partial charge >= 0.3 is 0 Å². The summed E-state index contributed by atoms with van der Waals surface area (Å²) in [7, 11) is 0.127. The molecule has 1 heterocycles. The molecule has 29 heavy (non-hydrogen) atoms. The van der Waals surface area contributed by atoms with E-state index in [2.05, 4.69) is 36.8 Å². The van der Waals surface area contributed by atoms with E-state index in [1.807, 2.05) is 19.0 Å². The highest BCUT2D eigenvalue weighted by Crippen LogP contribution is 2.36. The molecule has 0 bridgehead atoms. The lowest BCUT2D eigenvalue weighted by atomic mass is 10.1. The molecule has 0 unspecified atom stereocenters. The largest absolute Gasteiger partial charge is 0.369 e. The number of nitrogens with zero attached hydrogens (tertiary/aromatic N) is 4. The van der Waals surface area contributed by atoms with E-state index >= 15 is 0 Å². The molecule has 11 heteroatoms. The zero-order valence-electron chi connectivity index (χ0n) is 17.0. The normalized spacial score (nSPS) is 16.3. The number of nitro groups is 1. The Balaban J connectivity index is 2.54. The zero-order chi connectivity index (χ0) is 21.8. The third-order valence-corrected chi connectivity index (χ3v) is 7.88. The lowest BCUT2D eigenvalue weighted by molar-refractivity contribution is -0.385. The number of non-ortho nitro benzene ring substituents is 1. The lowest BCUT2D eigenvalue weighted by Gasteiger charge is -2.35. The molecule has 1 aliphatic heterocycles. The predicted molar refractivity (Wildman–Crippen MR) is 123 cm³/mol. The van der Waals surface area contributed by atoms with Gasteiger partial charge < -0.3 is 9.80 Å². The average molecular weight is 556 g/mol. The number of piperidine rings is 1. The summed E-state index contributed by atoms with van der Waals surface area (Å²) in [5, 5.41) is 12.7. The fraction of sp³-hybridized carbons (Fsp3) is 0.667. The van der Waals surface area contributed by atoms with Crippen molar-refractivity contribution in [2.75, 3.05) is 55.8 Å². The second-order valence-corrected chi connectivity index (χ2v) is 10.8. The van der Waals surface area contributed by atoms with Crippen LogP contribution in [-0.4, -0.2) is 79.5 Å². The van der Waals surface area contributed by atoms with Crippen LogP contribution >= 0.6 is 31.9 Å². The highest BCUT2D eigenvalue weighted by atomic mass is 79.9. The summed E-state index contributed by atoms with van der Waals surface area (Å²) in [6.45, 7) is 3.73. The van der Waals surface area contributed by atoms with Crippen LogP contribution in [0.5, 0.6) is 0 Å². The fourth-order valence-corrected chi connectivity index (χ4v) is 6.34. The van der Waals surface area contributed by atoms with Gasteiger partial charge in [0, 0.05) is 55.0 Å². The van der Waals surface area contributed by atoms with Crippen LogP contribution in [0.3, 0.4) is 0 Å². The standard InChI is InChI=1S/C18H28Br2N4O4S/c1-14-12-16(24(25)26)13-17(18(14)22(10-6-19)11-7-20)29(27,28)23-8-4-15(5-9-23)21(2)3/h12-13,15H,4-11H2,1-3H3. The third-order valence-electron chi connectivity index (χ3n) is 5.26. The third kappa shape index (κ3) is 5.69. The van der Waals surface area contributed by atoms with Crippen LogP contribution in [0.1, 0.15) is 18.4 Å². The Kier molecular flexibility index (Phi) is 8.89. The van der Waals surface area contributed by atoms with Gasteiger partial charge in [-0.25, -0.2) is 8.42 Å². The predicted octanol–water partition coefficient (Wildman–Crippen LogP) is 3.21. The molecule has 1 aromatic carbocycles. The van der Waals surface area contributed by atoms with Gasteiger partial charge in [-0.1, -0.05) is 31.9 Å². The van der Waals surface area contributed by atoms with Crippen LogP contribution in [0.2, 0.25) is 0 Å². The molecule has 1 aromatic rings. The van der Waals surface area contributed by atoms with Crippen molar-refractivity contribution in [2.45, 2.75) is 30.7 Å². The van der Waals surface area contributed by atoms with Crippen LogP contribution in [0, 0.1) is 17.0 Å². The SMILES string of the molecule is Cc1cc([N+](=O)[O-])cc(S(=O)(=O)N2CCC(N(C)C)CC2)c1N(CCBr)CCBr. The van der Waals surface area contributed by atoms with E-state index in [9.17, 15) is 18.5 Å². The topological polar surface area (TPSA) is 87.0 Å². The molecule has 0 spiro atoms. The molecule has 0 saturated carbocycles. The molecule has 0 aliphatic carbocycles. The summed E-state index contributed by atoms with van der Waals surface area (Å²) in [6, 6.07) is 3.00. The highest BCUT2D eigenvalue weighted by molar-refractivity contribution is 9.09. The number of alkyl halides is 2. The first-order chi connectivity index (χ1) is 13.6. The van der Waals surface area contributed by atoms with Crippen molar-refractivity contribution in [1.82, 2.24) is 9.21 Å². The lowest BCUT2D eigenvalue weighted by Crippen LogP contribution is -2.44. The van der Waals surface area contributed by atoms with E-state index in [0.717, 1.165) is 12.8 Å². The Bertz CT molecular complexity index is 821. The Morgan fingerprint density at radius 3 is 2.17 bits per heavy atom. The fourth-order valence-electron chi connectivity index (χ4n) is 3.71. The maximum atomic E-state index is 13.6. The number of nitro benzene ring substituents is 1. The first kappa shape index (κ1) is 24.5. The maximum Gasteiger partial charge on any atom is 0.271 e. The molecular weight excluding hydrogens is 528 g/mol. The monoisotopic (exact) mass is 554 g/mol. The minimum absolute atomic E-state index is 0.0226. The molecule has 0 N–H and O–H groups in total. The van der Waals surface area contributed by atoms with E-state index in [1.165, 1.54) is 16.4 Å². The summed E-state index contributed by atoms with van der Waals surface area (Å²) < 4.78 is 28.6. The van der Waals surface area contributed by atoms with Gasteiger partial charge in [0.25, 0.3) is 5.69 Å². The molecule has 1 aliphatic rings. The van der Waals surface area contributed by atoms with Crippen LogP contribution in [0.15, 0.2) is 17.0 Å². The van der Waals surface area contributed by atoms with E-state index in [1.54, 1.807) is 6.92 Å². The summed E-state index contributed by atoms with van der Waals surface area (Å²) in [6.07, 6.45) is 1.48. The number of sulfonamides is 1. The van der Waals surface area contributed by atoms with Gasteiger partial charge in [-0.15, -0.1) is 0 Å². The second-order valence-electron chi connectivity index (χ2n) is 7.33. The Hall–Kier alpha value is -0.750. The van der Waals surface area contributed by atoms with Crippen molar-refractivity contribution in [2.24, 2.45) is 0 Å². The number of hydrogen-bond donors (Lipinski definition) is 0. The van der Waals surface area contributed by atoms with Crippen LogP contribution in [-0.2, 0) is 10.0 Å². The summed E-state index contributed by atoms with van der Waals surface area (Å²) in [5.41, 5.74) is 0.928. The molecule has 0 radical (unpaired) electrons. The molecular formula is C18H28Br2N4O4S. The van der Waals surface area contributed by atoms with E-state index in [0.29, 0.717) is 54.1 Å². The zero-order valence-corrected chi connectivity index (χ0v) is 21.0.